The van der Waals surface area contributed by atoms with E-state index in [9.17, 15) is 14.4 Å². The molecular formula is C47H61N7O7S. The van der Waals surface area contributed by atoms with E-state index in [-0.39, 0.29) is 48.0 Å². The van der Waals surface area contributed by atoms with Gasteiger partial charge in [0.15, 0.2) is 5.76 Å². The molecule has 1 aromatic carbocycles. The van der Waals surface area contributed by atoms with Crippen molar-refractivity contribution in [3.8, 4) is 11.6 Å². The molecule has 1 aliphatic carbocycles. The first-order valence-electron chi connectivity index (χ1n) is 22.5. The predicted octanol–water partition coefficient (Wildman–Crippen LogP) is 6.73. The highest BCUT2D eigenvalue weighted by Gasteiger charge is 2.36. The smallest absolute Gasteiger partial charge is 0.254 e. The van der Waals surface area contributed by atoms with E-state index in [1.165, 1.54) is 6.42 Å². The Balaban J connectivity index is 0.746. The number of aryl methyl sites for hydroxylation is 1. The second kappa shape index (κ2) is 20.6. The van der Waals surface area contributed by atoms with Gasteiger partial charge in [-0.1, -0.05) is 19.3 Å². The number of nitrogens with zero attached hydrogens (tertiary/aromatic N) is 6. The van der Waals surface area contributed by atoms with E-state index in [4.69, 9.17) is 18.7 Å². The second-order valence-corrected chi connectivity index (χ2v) is 18.1. The molecule has 62 heavy (non-hydrogen) atoms. The molecule has 15 heteroatoms. The molecule has 1 N–H and O–H groups in total. The topological polar surface area (TPSA) is 144 Å². The Morgan fingerprint density at radius 1 is 0.919 bits per heavy atom. The van der Waals surface area contributed by atoms with Gasteiger partial charge < -0.3 is 38.4 Å². The van der Waals surface area contributed by atoms with Crippen molar-refractivity contribution in [3.63, 3.8) is 0 Å². The third-order valence-corrected chi connectivity index (χ3v) is 14.0. The van der Waals surface area contributed by atoms with Crippen LogP contribution in [-0.4, -0.2) is 125 Å². The lowest BCUT2D eigenvalue weighted by molar-refractivity contribution is -0.142. The number of hydrogen-bond acceptors (Lipinski definition) is 12. The van der Waals surface area contributed by atoms with E-state index in [0.717, 1.165) is 89.9 Å². The van der Waals surface area contributed by atoms with Crippen molar-refractivity contribution in [2.75, 3.05) is 66.1 Å². The summed E-state index contributed by atoms with van der Waals surface area (Å²) in [5.74, 6) is 2.25. The Bertz CT molecular complexity index is 2280. The van der Waals surface area contributed by atoms with E-state index in [0.29, 0.717) is 70.5 Å². The highest BCUT2D eigenvalue weighted by Crippen LogP contribution is 2.34. The number of benzene rings is 1. The molecule has 8 rings (SSSR count). The number of carbonyl (C=O) groups excluding carboxylic acids is 3. The van der Waals surface area contributed by atoms with E-state index < -0.39 is 0 Å². The highest BCUT2D eigenvalue weighted by molar-refractivity contribution is 7.17. The van der Waals surface area contributed by atoms with Crippen LogP contribution in [0.25, 0.3) is 21.1 Å². The summed E-state index contributed by atoms with van der Waals surface area (Å²) in [6.45, 7) is 10.3. The zero-order valence-electron chi connectivity index (χ0n) is 36.4. The van der Waals surface area contributed by atoms with Gasteiger partial charge in [0, 0.05) is 92.6 Å². The number of likely N-dealkylation sites (tertiary alicyclic amines) is 1. The van der Waals surface area contributed by atoms with Crippen molar-refractivity contribution in [1.29, 1.82) is 0 Å². The number of ether oxygens (including phenoxy) is 3. The number of rotatable bonds is 18. The summed E-state index contributed by atoms with van der Waals surface area (Å²) >= 11 is 1.67. The van der Waals surface area contributed by atoms with Crippen LogP contribution in [-0.2, 0) is 27.4 Å². The predicted molar refractivity (Wildman–Crippen MR) is 239 cm³/mol. The Labute approximate surface area is 367 Å². The highest BCUT2D eigenvalue weighted by atomic mass is 32.1. The molecule has 6 heterocycles. The molecule has 2 saturated heterocycles. The number of thiophene rings is 1. The maximum atomic E-state index is 13.9. The zero-order chi connectivity index (χ0) is 43.0. The van der Waals surface area contributed by atoms with Gasteiger partial charge in [0.25, 0.3) is 11.8 Å². The standard InChI is InChI=1S/C47H61N7O7S/c1-32-27-36-28-35(46(56)52-18-20-53(21-19-52)47(57)39(30-42(55)33(2)48-3)34-7-5-4-6-8-34)9-10-41(36)54(32)22-23-58-24-25-59-44-29-38(61-50-44)31-51-16-12-37(13-17-51)60-43-11-15-49-40-14-26-62-45(40)43/h9-11,14-15,26-29,33-34,37,39,48H,4-8,12-13,16-25,30-31H2,1-3H3/t33-,39-/m0/s1. The van der Waals surface area contributed by atoms with Crippen LogP contribution < -0.4 is 14.8 Å². The van der Waals surface area contributed by atoms with E-state index in [2.05, 4.69) is 43.3 Å². The molecule has 5 aromatic rings. The van der Waals surface area contributed by atoms with Crippen LogP contribution in [0.5, 0.6) is 11.6 Å². The van der Waals surface area contributed by atoms with Crippen LogP contribution >= 0.6 is 11.3 Å². The molecule has 2 atom stereocenters. The normalized spacial score (nSPS) is 18.0. The molecule has 3 aliphatic rings. The molecule has 3 fully saturated rings. The maximum Gasteiger partial charge on any atom is 0.254 e. The van der Waals surface area contributed by atoms with Gasteiger partial charge in [-0.2, -0.15) is 0 Å². The number of likely N-dealkylation sites (N-methyl/N-ethyl adjacent to an activating group) is 1. The summed E-state index contributed by atoms with van der Waals surface area (Å²) in [6.07, 6.45) is 9.57. The van der Waals surface area contributed by atoms with Crippen LogP contribution in [0.15, 0.2) is 58.6 Å². The summed E-state index contributed by atoms with van der Waals surface area (Å²) in [5, 5.41) is 10.2. The van der Waals surface area contributed by atoms with Crippen LogP contribution in [0.4, 0.5) is 0 Å². The average Bonchev–Trinajstić information content (AvgIpc) is 4.05. The van der Waals surface area contributed by atoms with Crippen molar-refractivity contribution < 1.29 is 33.1 Å². The maximum absolute atomic E-state index is 13.9. The minimum atomic E-state index is -0.286. The van der Waals surface area contributed by atoms with Gasteiger partial charge >= 0.3 is 0 Å². The summed E-state index contributed by atoms with van der Waals surface area (Å²) in [6, 6.07) is 13.6. The SMILES string of the molecule is CN[C@@H](C)C(=O)C[C@H](C(=O)N1CCN(C(=O)c2ccc3c(c2)cc(C)n3CCOCCOc2cc(CN3CCC(Oc4ccnc5ccsc45)CC3)on2)CC1)C1CCCCC1. The zero-order valence-corrected chi connectivity index (χ0v) is 37.2. The number of hydrogen-bond donors (Lipinski definition) is 1. The van der Waals surface area contributed by atoms with Gasteiger partial charge in [-0.15, -0.1) is 11.3 Å². The lowest BCUT2D eigenvalue weighted by atomic mass is 9.76. The second-order valence-electron chi connectivity index (χ2n) is 17.1. The molecule has 0 radical (unpaired) electrons. The fourth-order valence-corrected chi connectivity index (χ4v) is 10.2. The molecule has 332 valence electrons. The molecular weight excluding hydrogens is 807 g/mol. The first-order chi connectivity index (χ1) is 30.2. The van der Waals surface area contributed by atoms with Gasteiger partial charge in [0.1, 0.15) is 24.2 Å². The number of piperazine rings is 1. The summed E-state index contributed by atoms with van der Waals surface area (Å²) in [7, 11) is 1.78. The summed E-state index contributed by atoms with van der Waals surface area (Å²) < 4.78 is 27.0. The van der Waals surface area contributed by atoms with Crippen LogP contribution in [0.3, 0.4) is 0 Å². The average molecular weight is 868 g/mol. The molecule has 14 nitrogen and oxygen atoms in total. The number of Topliss-reactive ketones (excluding diaryl/α,β-unsaturated/α-hetero) is 1. The van der Waals surface area contributed by atoms with Crippen molar-refractivity contribution in [2.24, 2.45) is 11.8 Å². The quantitative estimate of drug-likeness (QED) is 0.0937. The number of aromatic nitrogens is 3. The molecule has 0 spiro atoms. The van der Waals surface area contributed by atoms with Crippen molar-refractivity contribution in [2.45, 2.75) is 90.4 Å². The lowest BCUT2D eigenvalue weighted by Gasteiger charge is -2.39. The van der Waals surface area contributed by atoms with E-state index in [1.54, 1.807) is 18.4 Å². The minimum Gasteiger partial charge on any atom is -0.489 e. The van der Waals surface area contributed by atoms with Crippen molar-refractivity contribution in [1.82, 2.24) is 34.7 Å². The van der Waals surface area contributed by atoms with Gasteiger partial charge in [0.2, 0.25) is 5.91 Å². The van der Waals surface area contributed by atoms with Crippen LogP contribution in [0.1, 0.15) is 80.1 Å². The Hall–Kier alpha value is -4.83. The van der Waals surface area contributed by atoms with E-state index in [1.807, 2.05) is 59.3 Å². The summed E-state index contributed by atoms with van der Waals surface area (Å²) in [5.41, 5.74) is 3.76. The number of nitrogens with one attached hydrogen (secondary N) is 1. The fraction of sp³-hybridized carbons (Fsp3) is 0.553. The fourth-order valence-electron chi connectivity index (χ4n) is 9.36. The van der Waals surface area contributed by atoms with Gasteiger partial charge in [0.05, 0.1) is 36.0 Å². The van der Waals surface area contributed by atoms with Gasteiger partial charge in [-0.3, -0.25) is 24.3 Å². The first-order valence-corrected chi connectivity index (χ1v) is 23.4. The van der Waals surface area contributed by atoms with Crippen molar-refractivity contribution in [3.05, 3.63) is 71.1 Å². The van der Waals surface area contributed by atoms with Crippen LogP contribution in [0.2, 0.25) is 0 Å². The molecule has 0 bridgehead atoms. The number of carbonyl (C=O) groups is 3. The summed E-state index contributed by atoms with van der Waals surface area (Å²) in [4.78, 5) is 51.1. The Kier molecular flexibility index (Phi) is 14.5. The van der Waals surface area contributed by atoms with Crippen LogP contribution in [0, 0.1) is 18.8 Å². The monoisotopic (exact) mass is 867 g/mol. The van der Waals surface area contributed by atoms with Gasteiger partial charge in [-0.05, 0) is 99.4 Å². The Morgan fingerprint density at radius 2 is 1.71 bits per heavy atom. The molecule has 1 saturated carbocycles. The van der Waals surface area contributed by atoms with E-state index >= 15 is 0 Å². The molecule has 2 aliphatic heterocycles. The Morgan fingerprint density at radius 3 is 2.50 bits per heavy atom. The third kappa shape index (κ3) is 10.5. The molecule has 4 aromatic heterocycles. The minimum absolute atomic E-state index is 0.0267. The number of piperidine rings is 1. The number of ketones is 1. The molecule has 2 amide bonds. The number of pyridine rings is 1. The van der Waals surface area contributed by atoms with Gasteiger partial charge in [-0.25, -0.2) is 0 Å². The lowest BCUT2D eigenvalue weighted by Crippen LogP contribution is -2.53. The largest absolute Gasteiger partial charge is 0.489 e. The third-order valence-electron chi connectivity index (χ3n) is 13.1. The van der Waals surface area contributed by atoms with Crippen molar-refractivity contribution >= 4 is 50.1 Å². The number of fused-ring (bicyclic) bond motifs is 2. The number of amides is 2. The molecule has 0 unspecified atom stereocenters. The first kappa shape index (κ1) is 43.8.